The number of carbonyl (C=O) groups is 1. The fourth-order valence-corrected chi connectivity index (χ4v) is 4.80. The van der Waals surface area contributed by atoms with Crippen LogP contribution in [0.15, 0.2) is 47.4 Å². The van der Waals surface area contributed by atoms with Crippen molar-refractivity contribution in [3.8, 4) is 11.5 Å². The fourth-order valence-electron chi connectivity index (χ4n) is 3.28. The third-order valence-electron chi connectivity index (χ3n) is 4.95. The molecule has 8 heteroatoms. The lowest BCUT2D eigenvalue weighted by molar-refractivity contribution is -0.116. The van der Waals surface area contributed by atoms with E-state index in [9.17, 15) is 13.2 Å². The molecule has 156 valence electrons. The summed E-state index contributed by atoms with van der Waals surface area (Å²) in [6.07, 6.45) is 2.60. The zero-order valence-electron chi connectivity index (χ0n) is 16.7. The van der Waals surface area contributed by atoms with Gasteiger partial charge in [0.1, 0.15) is 11.5 Å². The number of sulfonamides is 1. The number of ether oxygens (including phenoxy) is 2. The molecular weight excluding hydrogens is 392 g/mol. The summed E-state index contributed by atoms with van der Waals surface area (Å²) in [7, 11) is -0.317. The van der Waals surface area contributed by atoms with Gasteiger partial charge in [-0.15, -0.1) is 0 Å². The number of benzene rings is 2. The van der Waals surface area contributed by atoms with Gasteiger partial charge in [-0.25, -0.2) is 8.42 Å². The molecule has 0 atom stereocenters. The predicted octanol–water partition coefficient (Wildman–Crippen LogP) is 3.06. The van der Waals surface area contributed by atoms with Gasteiger partial charge < -0.3 is 14.8 Å². The van der Waals surface area contributed by atoms with Gasteiger partial charge in [0, 0.05) is 25.6 Å². The second-order valence-corrected chi connectivity index (χ2v) is 8.81. The summed E-state index contributed by atoms with van der Waals surface area (Å²) in [5.41, 5.74) is 1.48. The molecule has 1 saturated heterocycles. The molecule has 1 amide bonds. The van der Waals surface area contributed by atoms with Crippen LogP contribution < -0.4 is 14.8 Å². The molecular formula is C21H26N2O5S. The van der Waals surface area contributed by atoms with E-state index in [-0.39, 0.29) is 12.3 Å². The Kier molecular flexibility index (Phi) is 6.76. The van der Waals surface area contributed by atoms with Crippen LogP contribution in [0.4, 0.5) is 5.69 Å². The Hall–Kier alpha value is -2.58. The number of amides is 1. The number of rotatable bonds is 8. The van der Waals surface area contributed by atoms with Crippen molar-refractivity contribution < 1.29 is 22.7 Å². The molecule has 0 saturated carbocycles. The molecule has 0 aliphatic carbocycles. The number of anilines is 1. The molecule has 2 aromatic carbocycles. The summed E-state index contributed by atoms with van der Waals surface area (Å²) in [4.78, 5) is 12.6. The van der Waals surface area contributed by atoms with Crippen LogP contribution >= 0.6 is 0 Å². The maximum atomic E-state index is 12.6. The molecule has 1 fully saturated rings. The minimum Gasteiger partial charge on any atom is -0.497 e. The Morgan fingerprint density at radius 1 is 1.03 bits per heavy atom. The lowest BCUT2D eigenvalue weighted by atomic mass is 10.1. The van der Waals surface area contributed by atoms with E-state index in [4.69, 9.17) is 9.47 Å². The van der Waals surface area contributed by atoms with Crippen LogP contribution in [-0.4, -0.2) is 45.9 Å². The zero-order valence-corrected chi connectivity index (χ0v) is 17.5. The number of methoxy groups -OCH3 is 2. The van der Waals surface area contributed by atoms with Gasteiger partial charge in [0.25, 0.3) is 0 Å². The molecule has 0 bridgehead atoms. The Morgan fingerprint density at radius 2 is 1.72 bits per heavy atom. The van der Waals surface area contributed by atoms with Crippen molar-refractivity contribution in [2.45, 2.75) is 30.6 Å². The highest BCUT2D eigenvalue weighted by atomic mass is 32.2. The Labute approximate surface area is 171 Å². The van der Waals surface area contributed by atoms with Crippen LogP contribution in [0.5, 0.6) is 11.5 Å². The molecule has 0 aromatic heterocycles. The maximum Gasteiger partial charge on any atom is 0.243 e. The predicted molar refractivity (Wildman–Crippen MR) is 111 cm³/mol. The third kappa shape index (κ3) is 5.07. The smallest absolute Gasteiger partial charge is 0.243 e. The summed E-state index contributed by atoms with van der Waals surface area (Å²) in [6, 6.07) is 12.0. The molecule has 0 radical (unpaired) electrons. The quantitative estimate of drug-likeness (QED) is 0.712. The zero-order chi connectivity index (χ0) is 20.9. The summed E-state index contributed by atoms with van der Waals surface area (Å²) >= 11 is 0. The fraction of sp³-hybridized carbons (Fsp3) is 0.381. The second kappa shape index (κ2) is 9.28. The molecule has 1 aliphatic rings. The minimum atomic E-state index is -3.41. The van der Waals surface area contributed by atoms with Crippen LogP contribution in [0.2, 0.25) is 0 Å². The molecule has 7 nitrogen and oxygen atoms in total. The van der Waals surface area contributed by atoms with Crippen molar-refractivity contribution in [3.63, 3.8) is 0 Å². The van der Waals surface area contributed by atoms with E-state index in [0.717, 1.165) is 18.4 Å². The van der Waals surface area contributed by atoms with Crippen molar-refractivity contribution in [2.75, 3.05) is 32.6 Å². The van der Waals surface area contributed by atoms with Gasteiger partial charge in [-0.05, 0) is 49.1 Å². The summed E-state index contributed by atoms with van der Waals surface area (Å²) in [5, 5.41) is 2.83. The van der Waals surface area contributed by atoms with Gasteiger partial charge in [-0.3, -0.25) is 4.79 Å². The van der Waals surface area contributed by atoms with Crippen LogP contribution in [0.1, 0.15) is 24.8 Å². The van der Waals surface area contributed by atoms with Crippen LogP contribution in [-0.2, 0) is 21.2 Å². The van der Waals surface area contributed by atoms with E-state index < -0.39 is 10.0 Å². The number of hydrogen-bond acceptors (Lipinski definition) is 5. The van der Waals surface area contributed by atoms with E-state index >= 15 is 0 Å². The topological polar surface area (TPSA) is 84.9 Å². The number of hydrogen-bond donors (Lipinski definition) is 1. The van der Waals surface area contributed by atoms with Gasteiger partial charge in [0.05, 0.1) is 24.8 Å². The summed E-state index contributed by atoms with van der Waals surface area (Å²) in [5.74, 6) is 1.01. The normalized spacial score (nSPS) is 14.6. The Balaban J connectivity index is 1.58. The third-order valence-corrected chi connectivity index (χ3v) is 6.86. The molecule has 3 rings (SSSR count). The molecule has 1 heterocycles. The monoisotopic (exact) mass is 418 g/mol. The van der Waals surface area contributed by atoms with Gasteiger partial charge in [0.2, 0.25) is 15.9 Å². The first-order valence-electron chi connectivity index (χ1n) is 9.55. The van der Waals surface area contributed by atoms with Crippen molar-refractivity contribution in [1.82, 2.24) is 4.31 Å². The van der Waals surface area contributed by atoms with E-state index in [1.165, 1.54) is 11.4 Å². The van der Waals surface area contributed by atoms with Crippen LogP contribution in [0.25, 0.3) is 0 Å². The summed E-state index contributed by atoms with van der Waals surface area (Å²) < 4.78 is 37.1. The minimum absolute atomic E-state index is 0.151. The molecule has 0 unspecified atom stereocenters. The highest BCUT2D eigenvalue weighted by Gasteiger charge is 2.26. The molecule has 1 N–H and O–H groups in total. The van der Waals surface area contributed by atoms with E-state index in [0.29, 0.717) is 41.6 Å². The first kappa shape index (κ1) is 21.1. The van der Waals surface area contributed by atoms with Gasteiger partial charge in [0.15, 0.2) is 0 Å². The van der Waals surface area contributed by atoms with Gasteiger partial charge >= 0.3 is 0 Å². The average Bonchev–Trinajstić information content (AvgIpc) is 3.29. The van der Waals surface area contributed by atoms with Crippen LogP contribution in [0.3, 0.4) is 0 Å². The Bertz CT molecular complexity index is 952. The molecule has 0 spiro atoms. The van der Waals surface area contributed by atoms with Gasteiger partial charge in [-0.1, -0.05) is 12.1 Å². The second-order valence-electron chi connectivity index (χ2n) is 6.87. The average molecular weight is 419 g/mol. The first-order chi connectivity index (χ1) is 13.9. The van der Waals surface area contributed by atoms with Crippen molar-refractivity contribution >= 4 is 21.6 Å². The molecule has 29 heavy (non-hydrogen) atoms. The highest BCUT2D eigenvalue weighted by Crippen LogP contribution is 2.29. The van der Waals surface area contributed by atoms with Crippen LogP contribution in [0, 0.1) is 0 Å². The maximum absolute atomic E-state index is 12.6. The van der Waals surface area contributed by atoms with E-state index in [1.807, 2.05) is 0 Å². The number of aryl methyl sites for hydroxylation is 1. The highest BCUT2D eigenvalue weighted by molar-refractivity contribution is 7.89. The van der Waals surface area contributed by atoms with Crippen molar-refractivity contribution in [2.24, 2.45) is 0 Å². The lowest BCUT2D eigenvalue weighted by Gasteiger charge is -2.15. The lowest BCUT2D eigenvalue weighted by Crippen LogP contribution is -2.27. The van der Waals surface area contributed by atoms with E-state index in [2.05, 4.69) is 5.32 Å². The number of nitrogens with one attached hydrogen (secondary N) is 1. The van der Waals surface area contributed by atoms with Crippen molar-refractivity contribution in [3.05, 3.63) is 48.0 Å². The van der Waals surface area contributed by atoms with E-state index in [1.54, 1.807) is 49.6 Å². The van der Waals surface area contributed by atoms with Gasteiger partial charge in [-0.2, -0.15) is 4.31 Å². The number of nitrogens with zero attached hydrogens (tertiary/aromatic N) is 1. The first-order valence-corrected chi connectivity index (χ1v) is 11.0. The summed E-state index contributed by atoms with van der Waals surface area (Å²) in [6.45, 7) is 1.16. The molecule has 1 aliphatic heterocycles. The van der Waals surface area contributed by atoms with Crippen molar-refractivity contribution in [1.29, 1.82) is 0 Å². The SMILES string of the molecule is COc1ccc(NC(=O)CCc2ccc(S(=O)(=O)N3CCCC3)cc2)c(OC)c1. The molecule has 2 aromatic rings. The number of carbonyl (C=O) groups excluding carboxylic acids is 1. The largest absolute Gasteiger partial charge is 0.497 e. The standard InChI is InChI=1S/C21H26N2O5S/c1-27-17-8-11-19(20(15-17)28-2)22-21(24)12-7-16-5-9-18(10-6-16)29(25,26)23-13-3-4-14-23/h5-6,8-11,15H,3-4,7,12-14H2,1-2H3,(H,22,24). The Morgan fingerprint density at radius 3 is 2.34 bits per heavy atom.